The van der Waals surface area contributed by atoms with Crippen molar-refractivity contribution in [2.75, 3.05) is 13.1 Å². The second-order valence-corrected chi connectivity index (χ2v) is 5.21. The lowest BCUT2D eigenvalue weighted by molar-refractivity contribution is -0.143. The highest BCUT2D eigenvalue weighted by Gasteiger charge is 2.28. The number of carbonyl (C=O) groups is 2. The molecule has 0 aliphatic carbocycles. The van der Waals surface area contributed by atoms with E-state index in [1.807, 2.05) is 37.3 Å². The topological polar surface area (TPSA) is 69.6 Å². The summed E-state index contributed by atoms with van der Waals surface area (Å²) in [5.74, 6) is -1.26. The highest BCUT2D eigenvalue weighted by atomic mass is 16.4. The first-order valence-corrected chi connectivity index (χ1v) is 6.91. The summed E-state index contributed by atoms with van der Waals surface area (Å²) < 4.78 is 0. The minimum absolute atomic E-state index is 0.0890. The number of nitrogens with one attached hydrogen (secondary N) is 1. The number of likely N-dealkylation sites (tertiary alicyclic amines) is 1. The predicted octanol–water partition coefficient (Wildman–Crippen LogP) is 2.25. The van der Waals surface area contributed by atoms with Crippen LogP contribution in [0.25, 0.3) is 0 Å². The molecule has 1 aromatic carbocycles. The van der Waals surface area contributed by atoms with Crippen LogP contribution in [0.5, 0.6) is 0 Å². The fourth-order valence-corrected chi connectivity index (χ4v) is 2.46. The van der Waals surface area contributed by atoms with Crippen LogP contribution >= 0.6 is 0 Å². The number of benzene rings is 1. The average Bonchev–Trinajstić information content (AvgIpc) is 2.48. The van der Waals surface area contributed by atoms with E-state index in [0.717, 1.165) is 12.0 Å². The van der Waals surface area contributed by atoms with Gasteiger partial charge in [0.1, 0.15) is 0 Å². The molecule has 0 bridgehead atoms. The van der Waals surface area contributed by atoms with E-state index in [1.54, 1.807) is 4.90 Å². The van der Waals surface area contributed by atoms with Crippen LogP contribution in [0.15, 0.2) is 30.3 Å². The molecule has 5 nitrogen and oxygen atoms in total. The van der Waals surface area contributed by atoms with E-state index in [0.29, 0.717) is 19.5 Å². The van der Waals surface area contributed by atoms with Gasteiger partial charge in [0.2, 0.25) is 0 Å². The van der Waals surface area contributed by atoms with Gasteiger partial charge >= 0.3 is 12.0 Å². The van der Waals surface area contributed by atoms with Crippen LogP contribution < -0.4 is 5.32 Å². The molecule has 2 rings (SSSR count). The zero-order chi connectivity index (χ0) is 14.5. The van der Waals surface area contributed by atoms with Crippen molar-refractivity contribution in [3.63, 3.8) is 0 Å². The predicted molar refractivity (Wildman–Crippen MR) is 75.3 cm³/mol. The third-order valence-corrected chi connectivity index (χ3v) is 3.70. The van der Waals surface area contributed by atoms with Crippen molar-refractivity contribution in [1.82, 2.24) is 10.2 Å². The van der Waals surface area contributed by atoms with Crippen molar-refractivity contribution in [3.05, 3.63) is 35.9 Å². The first-order valence-electron chi connectivity index (χ1n) is 6.91. The number of urea groups is 1. The van der Waals surface area contributed by atoms with Gasteiger partial charge in [-0.1, -0.05) is 30.3 Å². The third kappa shape index (κ3) is 3.50. The minimum atomic E-state index is -0.821. The van der Waals surface area contributed by atoms with E-state index < -0.39 is 11.9 Å². The molecule has 1 fully saturated rings. The molecule has 5 heteroatoms. The summed E-state index contributed by atoms with van der Waals surface area (Å²) in [5.41, 5.74) is 1.03. The maximum atomic E-state index is 12.2. The van der Waals surface area contributed by atoms with Gasteiger partial charge in [-0.15, -0.1) is 0 Å². The molecule has 0 radical (unpaired) electrons. The summed E-state index contributed by atoms with van der Waals surface area (Å²) >= 11 is 0. The van der Waals surface area contributed by atoms with Crippen LogP contribution in [0.3, 0.4) is 0 Å². The molecule has 0 saturated carbocycles. The Bertz CT molecular complexity index is 475. The van der Waals surface area contributed by atoms with E-state index in [4.69, 9.17) is 5.11 Å². The summed E-state index contributed by atoms with van der Waals surface area (Å²) in [6, 6.07) is 9.43. The number of carbonyl (C=O) groups excluding carboxylic acids is 1. The lowest BCUT2D eigenvalue weighted by Crippen LogP contribution is -2.47. The van der Waals surface area contributed by atoms with Gasteiger partial charge in [0, 0.05) is 13.1 Å². The molecule has 1 aliphatic heterocycles. The standard InChI is InChI=1S/C15H20N2O3/c1-11(12-6-3-2-4-7-12)16-15(20)17-9-5-8-13(10-17)14(18)19/h2-4,6-7,11,13H,5,8-10H2,1H3,(H,16,20)(H,18,19)/t11-,13?/m1/s1. The molecule has 2 N–H and O–H groups in total. The fourth-order valence-electron chi connectivity index (χ4n) is 2.46. The van der Waals surface area contributed by atoms with Crippen LogP contribution in [-0.2, 0) is 4.79 Å². The molecule has 1 unspecified atom stereocenters. The van der Waals surface area contributed by atoms with E-state index in [1.165, 1.54) is 0 Å². The number of carboxylic acid groups (broad SMARTS) is 1. The molecule has 0 spiro atoms. The van der Waals surface area contributed by atoms with E-state index in [-0.39, 0.29) is 12.1 Å². The lowest BCUT2D eigenvalue weighted by Gasteiger charge is -2.31. The molecule has 1 heterocycles. The molecular formula is C15H20N2O3. The average molecular weight is 276 g/mol. The zero-order valence-corrected chi connectivity index (χ0v) is 11.6. The normalized spacial score (nSPS) is 20.2. The van der Waals surface area contributed by atoms with Crippen molar-refractivity contribution in [2.45, 2.75) is 25.8 Å². The number of amides is 2. The number of hydrogen-bond donors (Lipinski definition) is 2. The van der Waals surface area contributed by atoms with Crippen LogP contribution in [0.2, 0.25) is 0 Å². The Kier molecular flexibility index (Phi) is 4.61. The first-order chi connectivity index (χ1) is 9.58. The summed E-state index contributed by atoms with van der Waals surface area (Å²) in [6.07, 6.45) is 1.39. The summed E-state index contributed by atoms with van der Waals surface area (Å²) in [7, 11) is 0. The molecule has 1 aromatic rings. The molecule has 2 atom stereocenters. The SMILES string of the molecule is C[C@@H](NC(=O)N1CCCC(C(=O)O)C1)c1ccccc1. The monoisotopic (exact) mass is 276 g/mol. The number of piperidine rings is 1. The van der Waals surface area contributed by atoms with Gasteiger partial charge in [0.25, 0.3) is 0 Å². The van der Waals surface area contributed by atoms with Gasteiger partial charge in [-0.2, -0.15) is 0 Å². The Morgan fingerprint density at radius 2 is 2.05 bits per heavy atom. The number of carboxylic acids is 1. The summed E-state index contributed by atoms with van der Waals surface area (Å²) in [5, 5.41) is 12.0. The van der Waals surface area contributed by atoms with Crippen molar-refractivity contribution in [3.8, 4) is 0 Å². The highest BCUT2D eigenvalue weighted by Crippen LogP contribution is 2.18. The summed E-state index contributed by atoms with van der Waals surface area (Å²) in [4.78, 5) is 24.8. The van der Waals surface area contributed by atoms with E-state index in [2.05, 4.69) is 5.32 Å². The Morgan fingerprint density at radius 3 is 2.70 bits per heavy atom. The number of hydrogen-bond acceptors (Lipinski definition) is 2. The molecule has 0 aromatic heterocycles. The van der Waals surface area contributed by atoms with Crippen molar-refractivity contribution in [2.24, 2.45) is 5.92 Å². The maximum absolute atomic E-state index is 12.2. The highest BCUT2D eigenvalue weighted by molar-refractivity contribution is 5.76. The second kappa shape index (κ2) is 6.41. The van der Waals surface area contributed by atoms with Crippen LogP contribution in [0.4, 0.5) is 4.79 Å². The van der Waals surface area contributed by atoms with Crippen LogP contribution in [0.1, 0.15) is 31.4 Å². The van der Waals surface area contributed by atoms with Gasteiger partial charge in [-0.25, -0.2) is 4.79 Å². The Morgan fingerprint density at radius 1 is 1.35 bits per heavy atom. The zero-order valence-electron chi connectivity index (χ0n) is 11.6. The van der Waals surface area contributed by atoms with Gasteiger partial charge in [0.05, 0.1) is 12.0 Å². The Hall–Kier alpha value is -2.04. The van der Waals surface area contributed by atoms with Crippen LogP contribution in [0, 0.1) is 5.92 Å². The molecular weight excluding hydrogens is 256 g/mol. The fraction of sp³-hybridized carbons (Fsp3) is 0.467. The Labute approximate surface area is 118 Å². The van der Waals surface area contributed by atoms with Gasteiger partial charge < -0.3 is 15.3 Å². The molecule has 108 valence electrons. The van der Waals surface area contributed by atoms with Gasteiger partial charge in [0.15, 0.2) is 0 Å². The van der Waals surface area contributed by atoms with Crippen LogP contribution in [-0.4, -0.2) is 35.1 Å². The number of aliphatic carboxylic acids is 1. The quantitative estimate of drug-likeness (QED) is 0.889. The summed E-state index contributed by atoms with van der Waals surface area (Å²) in [6.45, 7) is 2.84. The number of nitrogens with zero attached hydrogens (tertiary/aromatic N) is 1. The molecule has 2 amide bonds. The molecule has 20 heavy (non-hydrogen) atoms. The third-order valence-electron chi connectivity index (χ3n) is 3.70. The Balaban J connectivity index is 1.93. The van der Waals surface area contributed by atoms with Gasteiger partial charge in [-0.05, 0) is 25.3 Å². The molecule has 1 saturated heterocycles. The number of rotatable bonds is 3. The minimum Gasteiger partial charge on any atom is -0.481 e. The van der Waals surface area contributed by atoms with E-state index >= 15 is 0 Å². The van der Waals surface area contributed by atoms with Crippen molar-refractivity contribution in [1.29, 1.82) is 0 Å². The largest absolute Gasteiger partial charge is 0.481 e. The smallest absolute Gasteiger partial charge is 0.317 e. The maximum Gasteiger partial charge on any atom is 0.317 e. The lowest BCUT2D eigenvalue weighted by atomic mass is 9.98. The van der Waals surface area contributed by atoms with Crippen molar-refractivity contribution >= 4 is 12.0 Å². The first kappa shape index (κ1) is 14.4. The van der Waals surface area contributed by atoms with Gasteiger partial charge in [-0.3, -0.25) is 4.79 Å². The molecule has 1 aliphatic rings. The second-order valence-electron chi connectivity index (χ2n) is 5.21. The van der Waals surface area contributed by atoms with Crippen molar-refractivity contribution < 1.29 is 14.7 Å². The van der Waals surface area contributed by atoms with E-state index in [9.17, 15) is 9.59 Å².